The van der Waals surface area contributed by atoms with E-state index in [1.807, 2.05) is 39.0 Å². The van der Waals surface area contributed by atoms with E-state index in [1.54, 1.807) is 7.11 Å². The van der Waals surface area contributed by atoms with Gasteiger partial charge in [-0.1, -0.05) is 36.2 Å². The molecule has 0 aliphatic rings. The molecule has 0 spiro atoms. The first-order valence-electron chi connectivity index (χ1n) is 6.60. The van der Waals surface area contributed by atoms with E-state index in [4.69, 9.17) is 9.47 Å². The summed E-state index contributed by atoms with van der Waals surface area (Å²) < 4.78 is 10.1. The number of aryl methyl sites for hydroxylation is 2. The van der Waals surface area contributed by atoms with Crippen LogP contribution in [0.1, 0.15) is 24.5 Å². The van der Waals surface area contributed by atoms with Crippen LogP contribution in [0, 0.1) is 21.3 Å². The topological polar surface area (TPSA) is 52.8 Å². The second-order valence-corrected chi connectivity index (χ2v) is 4.77. The summed E-state index contributed by atoms with van der Waals surface area (Å²) in [5.41, 5.74) is 3.32. The number of hydrogen-bond acceptors (Lipinski definition) is 3. The van der Waals surface area contributed by atoms with Crippen LogP contribution in [-0.4, -0.2) is 37.8 Å². The van der Waals surface area contributed by atoms with E-state index < -0.39 is 6.29 Å². The summed E-state index contributed by atoms with van der Waals surface area (Å²) in [4.78, 5) is 0. The Balaban J connectivity index is 0. The molecule has 1 aromatic carbocycles. The van der Waals surface area contributed by atoms with Crippen molar-refractivity contribution in [2.75, 3.05) is 20.3 Å². The van der Waals surface area contributed by atoms with Crippen LogP contribution in [-0.2, 0) is 26.0 Å². The Morgan fingerprint density at radius 1 is 1.19 bits per heavy atom. The Hall–Kier alpha value is -0.606. The van der Waals surface area contributed by atoms with Crippen molar-refractivity contribution in [1.29, 1.82) is 0 Å². The molecule has 2 atom stereocenters. The van der Waals surface area contributed by atoms with Crippen molar-refractivity contribution in [1.82, 2.24) is 0 Å². The van der Waals surface area contributed by atoms with E-state index in [1.165, 1.54) is 0 Å². The maximum Gasteiger partial charge on any atom is 2.00 e. The predicted octanol–water partition coefficient (Wildman–Crippen LogP) is 3.52. The fourth-order valence-electron chi connectivity index (χ4n) is 1.91. The van der Waals surface area contributed by atoms with E-state index in [2.05, 4.69) is 5.32 Å². The molecule has 0 aliphatic carbocycles. The molecule has 21 heavy (non-hydrogen) atoms. The summed E-state index contributed by atoms with van der Waals surface area (Å²) in [5.74, 6) is 0. The minimum absolute atomic E-state index is 0. The number of aliphatic hydroxyl groups excluding tert-OH is 1. The molecule has 1 N–H and O–H groups in total. The Morgan fingerprint density at radius 2 is 1.76 bits per heavy atom. The number of para-hydroxylation sites is 1. The SMILES string of the molecule is COCCOC(O)CC(C)[N-]c1c(C)cccc1C.[CH3-].[Ni+2]. The van der Waals surface area contributed by atoms with Gasteiger partial charge < -0.3 is 27.3 Å². The van der Waals surface area contributed by atoms with Crippen LogP contribution in [0.4, 0.5) is 5.69 Å². The summed E-state index contributed by atoms with van der Waals surface area (Å²) >= 11 is 0. The summed E-state index contributed by atoms with van der Waals surface area (Å²) in [7, 11) is 1.61. The van der Waals surface area contributed by atoms with Crippen LogP contribution in [0.3, 0.4) is 0 Å². The molecule has 5 heteroatoms. The van der Waals surface area contributed by atoms with Gasteiger partial charge in [-0.3, -0.25) is 0 Å². The molecule has 0 radical (unpaired) electrons. The normalized spacial score (nSPS) is 12.8. The third-order valence-electron chi connectivity index (χ3n) is 2.93. The van der Waals surface area contributed by atoms with Gasteiger partial charge in [0.1, 0.15) is 0 Å². The van der Waals surface area contributed by atoms with E-state index in [0.717, 1.165) is 16.8 Å². The third kappa shape index (κ3) is 8.42. The van der Waals surface area contributed by atoms with Gasteiger partial charge in [0, 0.05) is 7.11 Å². The van der Waals surface area contributed by atoms with Crippen LogP contribution in [0.15, 0.2) is 18.2 Å². The van der Waals surface area contributed by atoms with Crippen LogP contribution in [0.2, 0.25) is 0 Å². The fraction of sp³-hybridized carbons (Fsp3) is 0.562. The largest absolute Gasteiger partial charge is 2.00 e. The molecule has 0 amide bonds. The second kappa shape index (κ2) is 12.0. The van der Waals surface area contributed by atoms with Gasteiger partial charge in [-0.25, -0.2) is 0 Å². The molecule has 0 aromatic heterocycles. The van der Waals surface area contributed by atoms with Gasteiger partial charge in [0.05, 0.1) is 13.2 Å². The van der Waals surface area contributed by atoms with Crippen molar-refractivity contribution in [3.8, 4) is 0 Å². The quantitative estimate of drug-likeness (QED) is 0.341. The van der Waals surface area contributed by atoms with Gasteiger partial charge in [0.15, 0.2) is 6.29 Å². The van der Waals surface area contributed by atoms with E-state index >= 15 is 0 Å². The Bertz CT molecular complexity index is 368. The first-order chi connectivity index (χ1) is 9.04. The molecule has 1 aromatic rings. The second-order valence-electron chi connectivity index (χ2n) is 4.77. The fourth-order valence-corrected chi connectivity index (χ4v) is 1.91. The molecule has 0 saturated carbocycles. The first kappa shape index (κ1) is 22.7. The molecule has 2 unspecified atom stereocenters. The maximum atomic E-state index is 9.73. The number of rotatable bonds is 8. The standard InChI is InChI=1S/C15H24NO3.CH3.Ni/c1-11-6-5-7-12(2)15(11)16-13(3)10-14(17)19-9-8-18-4;;/h5-7,13-14,17H,8-10H2,1-4H3;1H3;/q2*-1;+2. The number of benzene rings is 1. The maximum absolute atomic E-state index is 9.73. The Labute approximate surface area is 139 Å². The molecule has 1 rings (SSSR count). The summed E-state index contributed by atoms with van der Waals surface area (Å²) in [6, 6.07) is 6.13. The van der Waals surface area contributed by atoms with Crippen LogP contribution in [0.25, 0.3) is 5.32 Å². The van der Waals surface area contributed by atoms with Gasteiger partial charge in [0.25, 0.3) is 0 Å². The van der Waals surface area contributed by atoms with Crippen molar-refractivity contribution >= 4 is 5.69 Å². The molecular formula is C16H27NNiO3. The summed E-state index contributed by atoms with van der Waals surface area (Å²) in [5, 5.41) is 14.4. The van der Waals surface area contributed by atoms with Gasteiger partial charge in [0.2, 0.25) is 0 Å². The Kier molecular flexibility index (Phi) is 12.9. The molecular weight excluding hydrogens is 313 g/mol. The first-order valence-corrected chi connectivity index (χ1v) is 6.60. The molecule has 0 bridgehead atoms. The Morgan fingerprint density at radius 3 is 2.29 bits per heavy atom. The van der Waals surface area contributed by atoms with Crippen molar-refractivity contribution in [3.63, 3.8) is 0 Å². The number of ether oxygens (including phenoxy) is 2. The zero-order valence-corrected chi connectivity index (χ0v) is 14.5. The monoisotopic (exact) mass is 339 g/mol. The van der Waals surface area contributed by atoms with E-state index in [9.17, 15) is 5.11 Å². The molecule has 4 nitrogen and oxygen atoms in total. The number of nitrogens with zero attached hydrogens (tertiary/aromatic N) is 1. The molecule has 124 valence electrons. The van der Waals surface area contributed by atoms with Gasteiger partial charge >= 0.3 is 16.5 Å². The number of aliphatic hydroxyl groups is 1. The van der Waals surface area contributed by atoms with Crippen LogP contribution >= 0.6 is 0 Å². The average Bonchev–Trinajstić information content (AvgIpc) is 2.34. The molecule has 0 fully saturated rings. The minimum Gasteiger partial charge on any atom is -0.681 e. The third-order valence-corrected chi connectivity index (χ3v) is 2.93. The van der Waals surface area contributed by atoms with Gasteiger partial charge in [-0.05, 0) is 20.3 Å². The molecule has 0 aliphatic heterocycles. The van der Waals surface area contributed by atoms with E-state index in [-0.39, 0.29) is 30.0 Å². The molecule has 0 saturated heterocycles. The average molecular weight is 340 g/mol. The van der Waals surface area contributed by atoms with Crippen molar-refractivity contribution in [2.24, 2.45) is 0 Å². The summed E-state index contributed by atoms with van der Waals surface area (Å²) in [6.45, 7) is 6.95. The van der Waals surface area contributed by atoms with Gasteiger partial charge in [-0.15, -0.1) is 11.7 Å². The minimum atomic E-state index is -0.793. The smallest absolute Gasteiger partial charge is 0.681 e. The van der Waals surface area contributed by atoms with Gasteiger partial charge in [-0.2, -0.15) is 0 Å². The zero-order chi connectivity index (χ0) is 14.3. The molecule has 0 heterocycles. The van der Waals surface area contributed by atoms with Crippen molar-refractivity contribution in [2.45, 2.75) is 39.5 Å². The van der Waals surface area contributed by atoms with Crippen molar-refractivity contribution < 1.29 is 31.1 Å². The van der Waals surface area contributed by atoms with E-state index in [0.29, 0.717) is 19.6 Å². The summed E-state index contributed by atoms with van der Waals surface area (Å²) in [6.07, 6.45) is -0.310. The predicted molar refractivity (Wildman–Crippen MR) is 83.3 cm³/mol. The number of methoxy groups -OCH3 is 1. The van der Waals surface area contributed by atoms with Crippen molar-refractivity contribution in [3.05, 3.63) is 42.1 Å². The van der Waals surface area contributed by atoms with Crippen LogP contribution < -0.4 is 0 Å². The zero-order valence-electron chi connectivity index (χ0n) is 13.5. The number of hydrogen-bond donors (Lipinski definition) is 1. The van der Waals surface area contributed by atoms with Crippen LogP contribution in [0.5, 0.6) is 0 Å².